The minimum atomic E-state index is 0.242. The second kappa shape index (κ2) is 4.64. The highest BCUT2D eigenvalue weighted by molar-refractivity contribution is 5.74. The highest BCUT2D eigenvalue weighted by atomic mass is 16.2. The third kappa shape index (κ3) is 2.69. The zero-order chi connectivity index (χ0) is 11.7. The zero-order valence-corrected chi connectivity index (χ0v) is 10.8. The molecule has 0 aromatic heterocycles. The van der Waals surface area contributed by atoms with Crippen LogP contribution in [-0.4, -0.2) is 42.5 Å². The van der Waals surface area contributed by atoms with E-state index in [1.165, 1.54) is 19.3 Å². The van der Waals surface area contributed by atoms with Crippen molar-refractivity contribution in [1.29, 1.82) is 0 Å². The summed E-state index contributed by atoms with van der Waals surface area (Å²) < 4.78 is 0. The molecule has 2 amide bonds. The summed E-state index contributed by atoms with van der Waals surface area (Å²) in [6.45, 7) is 7.39. The molecule has 16 heavy (non-hydrogen) atoms. The minimum absolute atomic E-state index is 0.242. The number of hydrogen-bond donors (Lipinski definition) is 0. The Bertz CT molecular complexity index is 259. The first-order valence-electron chi connectivity index (χ1n) is 6.58. The van der Waals surface area contributed by atoms with Crippen LogP contribution in [0.1, 0.15) is 33.1 Å². The van der Waals surface area contributed by atoms with Gasteiger partial charge in [-0.05, 0) is 37.0 Å². The number of nitrogens with zero attached hydrogens (tertiary/aromatic N) is 2. The molecule has 0 N–H and O–H groups in total. The normalized spacial score (nSPS) is 30.3. The van der Waals surface area contributed by atoms with Crippen molar-refractivity contribution in [2.75, 3.05) is 26.7 Å². The van der Waals surface area contributed by atoms with E-state index >= 15 is 0 Å². The van der Waals surface area contributed by atoms with Crippen molar-refractivity contribution in [2.24, 2.45) is 17.8 Å². The molecule has 3 heteroatoms. The lowest BCUT2D eigenvalue weighted by Gasteiger charge is -2.33. The van der Waals surface area contributed by atoms with Gasteiger partial charge in [0.1, 0.15) is 0 Å². The Morgan fingerprint density at radius 3 is 2.38 bits per heavy atom. The van der Waals surface area contributed by atoms with E-state index in [4.69, 9.17) is 0 Å². The number of likely N-dealkylation sites (tertiary alicyclic amines) is 1. The number of hydrogen-bond acceptors (Lipinski definition) is 1. The van der Waals surface area contributed by atoms with Gasteiger partial charge in [-0.15, -0.1) is 0 Å². The average molecular weight is 224 g/mol. The standard InChI is InChI=1S/C13H24N2O/c1-10-4-6-15(7-5-10)13(16)14(3)9-12-8-11(12)2/h10-12H,4-9H2,1-3H3. The van der Waals surface area contributed by atoms with Crippen LogP contribution in [0.25, 0.3) is 0 Å². The first-order chi connectivity index (χ1) is 7.58. The van der Waals surface area contributed by atoms with Crippen molar-refractivity contribution >= 4 is 6.03 Å². The van der Waals surface area contributed by atoms with Gasteiger partial charge >= 0.3 is 6.03 Å². The molecule has 2 aliphatic rings. The smallest absolute Gasteiger partial charge is 0.319 e. The molecule has 0 bridgehead atoms. The molecule has 1 aliphatic heterocycles. The number of urea groups is 1. The summed E-state index contributed by atoms with van der Waals surface area (Å²) in [7, 11) is 1.95. The van der Waals surface area contributed by atoms with Crippen molar-refractivity contribution in [3.8, 4) is 0 Å². The van der Waals surface area contributed by atoms with Gasteiger partial charge < -0.3 is 9.80 Å². The molecule has 2 unspecified atom stereocenters. The van der Waals surface area contributed by atoms with Crippen molar-refractivity contribution in [2.45, 2.75) is 33.1 Å². The molecule has 1 saturated carbocycles. The lowest BCUT2D eigenvalue weighted by molar-refractivity contribution is 0.141. The lowest BCUT2D eigenvalue weighted by atomic mass is 10.00. The molecule has 1 saturated heterocycles. The largest absolute Gasteiger partial charge is 0.327 e. The van der Waals surface area contributed by atoms with Gasteiger partial charge in [-0.1, -0.05) is 13.8 Å². The Morgan fingerprint density at radius 1 is 1.31 bits per heavy atom. The van der Waals surface area contributed by atoms with E-state index in [1.54, 1.807) is 0 Å². The minimum Gasteiger partial charge on any atom is -0.327 e. The van der Waals surface area contributed by atoms with E-state index < -0.39 is 0 Å². The van der Waals surface area contributed by atoms with Gasteiger partial charge in [0.15, 0.2) is 0 Å². The molecule has 2 rings (SSSR count). The Hall–Kier alpha value is -0.730. The highest BCUT2D eigenvalue weighted by Gasteiger charge is 2.35. The molecule has 0 aromatic rings. The topological polar surface area (TPSA) is 23.6 Å². The van der Waals surface area contributed by atoms with Gasteiger partial charge in [0.2, 0.25) is 0 Å². The van der Waals surface area contributed by atoms with Crippen LogP contribution in [0, 0.1) is 17.8 Å². The highest BCUT2D eigenvalue weighted by Crippen LogP contribution is 2.38. The fraction of sp³-hybridized carbons (Fsp3) is 0.923. The summed E-state index contributed by atoms with van der Waals surface area (Å²) in [5, 5.41) is 0. The third-order valence-corrected chi connectivity index (χ3v) is 4.17. The predicted octanol–water partition coefficient (Wildman–Crippen LogP) is 2.43. The van der Waals surface area contributed by atoms with Crippen LogP contribution >= 0.6 is 0 Å². The summed E-state index contributed by atoms with van der Waals surface area (Å²) in [4.78, 5) is 16.1. The van der Waals surface area contributed by atoms with Gasteiger partial charge in [-0.2, -0.15) is 0 Å². The molecule has 2 fully saturated rings. The van der Waals surface area contributed by atoms with Gasteiger partial charge in [-0.25, -0.2) is 4.79 Å². The van der Waals surface area contributed by atoms with Crippen molar-refractivity contribution in [3.05, 3.63) is 0 Å². The number of carbonyl (C=O) groups is 1. The van der Waals surface area contributed by atoms with Crippen LogP contribution in [0.5, 0.6) is 0 Å². The molecule has 1 aliphatic carbocycles. The van der Waals surface area contributed by atoms with E-state index in [0.717, 1.165) is 37.4 Å². The third-order valence-electron chi connectivity index (χ3n) is 4.17. The summed E-state index contributed by atoms with van der Waals surface area (Å²) in [6.07, 6.45) is 3.63. The number of amides is 2. The van der Waals surface area contributed by atoms with Crippen molar-refractivity contribution < 1.29 is 4.79 Å². The number of carbonyl (C=O) groups excluding carboxylic acids is 1. The second-order valence-electron chi connectivity index (χ2n) is 5.81. The zero-order valence-electron chi connectivity index (χ0n) is 10.8. The van der Waals surface area contributed by atoms with E-state index in [1.807, 2.05) is 16.8 Å². The monoisotopic (exact) mass is 224 g/mol. The van der Waals surface area contributed by atoms with Gasteiger partial charge in [0, 0.05) is 26.7 Å². The Morgan fingerprint density at radius 2 is 1.88 bits per heavy atom. The maximum absolute atomic E-state index is 12.1. The first kappa shape index (κ1) is 11.7. The molecular weight excluding hydrogens is 200 g/mol. The van der Waals surface area contributed by atoms with Gasteiger partial charge in [0.25, 0.3) is 0 Å². The van der Waals surface area contributed by atoms with E-state index in [2.05, 4.69) is 13.8 Å². The Kier molecular flexibility index (Phi) is 3.41. The van der Waals surface area contributed by atoms with Crippen LogP contribution in [0.3, 0.4) is 0 Å². The summed E-state index contributed by atoms with van der Waals surface area (Å²) >= 11 is 0. The molecule has 92 valence electrons. The average Bonchev–Trinajstić information content (AvgIpc) is 2.94. The molecule has 1 heterocycles. The quantitative estimate of drug-likeness (QED) is 0.706. The van der Waals surface area contributed by atoms with Crippen LogP contribution < -0.4 is 0 Å². The maximum atomic E-state index is 12.1. The number of rotatable bonds is 2. The second-order valence-corrected chi connectivity index (χ2v) is 5.81. The predicted molar refractivity (Wildman–Crippen MR) is 65.3 cm³/mol. The van der Waals surface area contributed by atoms with Gasteiger partial charge in [0.05, 0.1) is 0 Å². The Balaban J connectivity index is 1.77. The Labute approximate surface area is 98.8 Å². The van der Waals surface area contributed by atoms with E-state index in [9.17, 15) is 4.79 Å². The number of piperidine rings is 1. The van der Waals surface area contributed by atoms with Crippen LogP contribution in [0.15, 0.2) is 0 Å². The maximum Gasteiger partial charge on any atom is 0.319 e. The molecule has 3 nitrogen and oxygen atoms in total. The molecule has 0 aromatic carbocycles. The van der Waals surface area contributed by atoms with Gasteiger partial charge in [-0.3, -0.25) is 0 Å². The molecule has 0 radical (unpaired) electrons. The molecular formula is C13H24N2O. The summed E-state index contributed by atoms with van der Waals surface area (Å²) in [5.74, 6) is 2.38. The lowest BCUT2D eigenvalue weighted by Crippen LogP contribution is -2.45. The fourth-order valence-corrected chi connectivity index (χ4v) is 2.52. The fourth-order valence-electron chi connectivity index (χ4n) is 2.52. The molecule has 0 spiro atoms. The van der Waals surface area contributed by atoms with Crippen LogP contribution in [0.2, 0.25) is 0 Å². The summed E-state index contributed by atoms with van der Waals surface area (Å²) in [6, 6.07) is 0.242. The van der Waals surface area contributed by atoms with E-state index in [-0.39, 0.29) is 6.03 Å². The SMILES string of the molecule is CC1CCN(C(=O)N(C)CC2CC2C)CC1. The van der Waals surface area contributed by atoms with Crippen LogP contribution in [0.4, 0.5) is 4.79 Å². The summed E-state index contributed by atoms with van der Waals surface area (Å²) in [5.41, 5.74) is 0. The first-order valence-corrected chi connectivity index (χ1v) is 6.58. The van der Waals surface area contributed by atoms with Crippen LogP contribution in [-0.2, 0) is 0 Å². The molecule has 2 atom stereocenters. The van der Waals surface area contributed by atoms with E-state index in [0.29, 0.717) is 0 Å². The van der Waals surface area contributed by atoms with Crippen molar-refractivity contribution in [1.82, 2.24) is 9.80 Å². The van der Waals surface area contributed by atoms with Crippen molar-refractivity contribution in [3.63, 3.8) is 0 Å².